The molecule has 0 aliphatic carbocycles. The standard InChI is InChI=1S/C20H9BrF10N2O3S/c21-12-7-11(17(22,18(23,24)25)19(26,27)28)8-14(37(36)20(29,30)31)15(12)32-16(34)10-4-3-9-2-1-5-33(35)13(9)6-10/h1-8H,(H,32,34). The van der Waals surface area contributed by atoms with Gasteiger partial charge in [-0.2, -0.15) is 44.2 Å². The summed E-state index contributed by atoms with van der Waals surface area (Å²) in [4.78, 5) is 10.9. The molecular weight excluding hydrogens is 618 g/mol. The average Bonchev–Trinajstić information content (AvgIpc) is 2.77. The molecule has 17 heteroatoms. The van der Waals surface area contributed by atoms with E-state index in [0.717, 1.165) is 18.3 Å². The number of aromatic nitrogens is 1. The van der Waals surface area contributed by atoms with E-state index in [1.165, 1.54) is 18.2 Å². The third kappa shape index (κ3) is 5.23. The third-order valence-corrected chi connectivity index (χ3v) is 6.68. The highest BCUT2D eigenvalue weighted by molar-refractivity contribution is 9.10. The zero-order valence-electron chi connectivity index (χ0n) is 17.4. The maximum Gasteiger partial charge on any atom is 0.475 e. The van der Waals surface area contributed by atoms with Crippen LogP contribution in [0.3, 0.4) is 0 Å². The number of fused-ring (bicyclic) bond motifs is 1. The van der Waals surface area contributed by atoms with Crippen LogP contribution in [0.25, 0.3) is 10.9 Å². The second-order valence-corrected chi connectivity index (χ2v) is 9.56. The number of hydrogen-bond donors (Lipinski definition) is 1. The van der Waals surface area contributed by atoms with Gasteiger partial charge in [-0.05, 0) is 46.3 Å². The van der Waals surface area contributed by atoms with Crippen LogP contribution in [0.15, 0.2) is 58.0 Å². The maximum absolute atomic E-state index is 14.5. The molecule has 0 radical (unpaired) electrons. The van der Waals surface area contributed by atoms with Crippen molar-refractivity contribution < 1.29 is 57.6 Å². The van der Waals surface area contributed by atoms with Crippen molar-refractivity contribution in [3.05, 3.63) is 69.5 Å². The summed E-state index contributed by atoms with van der Waals surface area (Å²) >= 11 is 2.44. The number of halogens is 11. The molecule has 5 nitrogen and oxygen atoms in total. The Bertz CT molecular complexity index is 1390. The molecule has 0 saturated carbocycles. The molecule has 0 spiro atoms. The highest BCUT2D eigenvalue weighted by Crippen LogP contribution is 2.54. The van der Waals surface area contributed by atoms with Crippen molar-refractivity contribution in [2.75, 3.05) is 5.32 Å². The van der Waals surface area contributed by atoms with Crippen LogP contribution in [0.1, 0.15) is 15.9 Å². The Morgan fingerprint density at radius 1 is 0.919 bits per heavy atom. The summed E-state index contributed by atoms with van der Waals surface area (Å²) in [5.41, 5.74) is -15.8. The van der Waals surface area contributed by atoms with Crippen LogP contribution in [0.2, 0.25) is 0 Å². The van der Waals surface area contributed by atoms with Gasteiger partial charge in [0.15, 0.2) is 17.0 Å². The normalized spacial score (nSPS) is 14.0. The van der Waals surface area contributed by atoms with E-state index in [4.69, 9.17) is 0 Å². The first-order valence-electron chi connectivity index (χ1n) is 9.37. The quantitative estimate of drug-likeness (QED) is 0.207. The summed E-state index contributed by atoms with van der Waals surface area (Å²) in [5.74, 6) is -1.28. The van der Waals surface area contributed by atoms with Crippen LogP contribution in [-0.4, -0.2) is 28.0 Å². The highest BCUT2D eigenvalue weighted by Gasteiger charge is 2.73. The van der Waals surface area contributed by atoms with Gasteiger partial charge in [-0.3, -0.25) is 4.79 Å². The fourth-order valence-corrected chi connectivity index (χ4v) is 4.69. The number of amides is 1. The van der Waals surface area contributed by atoms with E-state index in [-0.39, 0.29) is 17.1 Å². The van der Waals surface area contributed by atoms with E-state index in [1.54, 1.807) is 0 Å². The summed E-state index contributed by atoms with van der Waals surface area (Å²) in [6.45, 7) is 0. The van der Waals surface area contributed by atoms with Gasteiger partial charge in [-0.25, -0.2) is 8.60 Å². The van der Waals surface area contributed by atoms with Crippen molar-refractivity contribution in [3.63, 3.8) is 0 Å². The lowest BCUT2D eigenvalue weighted by Gasteiger charge is -2.31. The SMILES string of the molecule is O=C(Nc1c(Br)cc(C(F)(C(F)(F)F)C(F)(F)F)cc1S(=O)C(F)(F)F)c1ccc2ccc[n+]([O-])c2c1. The number of hydrogen-bond acceptors (Lipinski definition) is 3. The van der Waals surface area contributed by atoms with Crippen LogP contribution < -0.4 is 10.0 Å². The van der Waals surface area contributed by atoms with Gasteiger partial charge in [-0.1, -0.05) is 0 Å². The molecule has 0 aliphatic heterocycles. The lowest BCUT2D eigenvalue weighted by atomic mass is 9.94. The fraction of sp³-hybridized carbons (Fsp3) is 0.200. The summed E-state index contributed by atoms with van der Waals surface area (Å²) < 4.78 is 145. The summed E-state index contributed by atoms with van der Waals surface area (Å²) in [6, 6.07) is 5.57. The molecule has 3 rings (SSSR count). The van der Waals surface area contributed by atoms with Crippen LogP contribution in [0.4, 0.5) is 49.6 Å². The molecule has 1 N–H and O–H groups in total. The van der Waals surface area contributed by atoms with Crippen molar-refractivity contribution in [2.45, 2.75) is 28.4 Å². The molecule has 1 unspecified atom stereocenters. The molecule has 0 saturated heterocycles. The van der Waals surface area contributed by atoms with Gasteiger partial charge in [0.05, 0.1) is 10.6 Å². The summed E-state index contributed by atoms with van der Waals surface area (Å²) in [5, 5.41) is 14.1. The molecule has 37 heavy (non-hydrogen) atoms. The first-order valence-corrected chi connectivity index (χ1v) is 11.3. The molecule has 0 bridgehead atoms. The van der Waals surface area contributed by atoms with Crippen molar-refractivity contribution in [1.29, 1.82) is 0 Å². The molecule has 3 aromatic rings. The zero-order valence-corrected chi connectivity index (χ0v) is 19.8. The van der Waals surface area contributed by atoms with Crippen LogP contribution >= 0.6 is 15.9 Å². The zero-order chi connectivity index (χ0) is 28.1. The Hall–Kier alpha value is -2.95. The Morgan fingerprint density at radius 2 is 1.51 bits per heavy atom. The average molecular weight is 627 g/mol. The van der Waals surface area contributed by atoms with E-state index >= 15 is 0 Å². The highest BCUT2D eigenvalue weighted by atomic mass is 79.9. The van der Waals surface area contributed by atoms with Crippen LogP contribution in [-0.2, 0) is 16.5 Å². The van der Waals surface area contributed by atoms with Crippen LogP contribution in [0, 0.1) is 5.21 Å². The lowest BCUT2D eigenvalue weighted by Crippen LogP contribution is -2.50. The molecule has 1 aromatic heterocycles. The van der Waals surface area contributed by atoms with Gasteiger partial charge < -0.3 is 10.5 Å². The first-order chi connectivity index (χ1) is 16.8. The van der Waals surface area contributed by atoms with E-state index in [0.29, 0.717) is 10.1 Å². The molecule has 1 heterocycles. The number of carbonyl (C=O) groups excluding carboxylic acids is 1. The van der Waals surface area contributed by atoms with Gasteiger partial charge in [-0.15, -0.1) is 0 Å². The Labute approximate surface area is 210 Å². The number of anilines is 1. The Morgan fingerprint density at radius 3 is 2.05 bits per heavy atom. The number of nitrogens with one attached hydrogen (secondary N) is 1. The van der Waals surface area contributed by atoms with Gasteiger partial charge in [0.2, 0.25) is 5.52 Å². The van der Waals surface area contributed by atoms with Crippen LogP contribution in [0.5, 0.6) is 0 Å². The molecule has 200 valence electrons. The van der Waals surface area contributed by atoms with E-state index in [9.17, 15) is 58.1 Å². The Kier molecular flexibility index (Phi) is 7.28. The Balaban J connectivity index is 2.20. The predicted molar refractivity (Wildman–Crippen MR) is 112 cm³/mol. The van der Waals surface area contributed by atoms with Gasteiger partial charge in [0.1, 0.15) is 0 Å². The van der Waals surface area contributed by atoms with E-state index in [2.05, 4.69) is 15.9 Å². The topological polar surface area (TPSA) is 73.1 Å². The number of pyridine rings is 1. The van der Waals surface area contributed by atoms with Gasteiger partial charge in [0, 0.05) is 33.1 Å². The maximum atomic E-state index is 14.5. The predicted octanol–water partition coefficient (Wildman–Crippen LogP) is 6.40. The molecule has 0 aliphatic rings. The van der Waals surface area contributed by atoms with Crippen molar-refractivity contribution in [3.8, 4) is 0 Å². The van der Waals surface area contributed by atoms with Crippen molar-refractivity contribution in [2.24, 2.45) is 0 Å². The first kappa shape index (κ1) is 28.6. The van der Waals surface area contributed by atoms with Gasteiger partial charge in [0.25, 0.3) is 5.91 Å². The lowest BCUT2D eigenvalue weighted by molar-refractivity contribution is -0.577. The molecule has 2 aromatic carbocycles. The minimum atomic E-state index is -6.68. The smallest absolute Gasteiger partial charge is 0.475 e. The monoisotopic (exact) mass is 626 g/mol. The number of benzene rings is 2. The second-order valence-electron chi connectivity index (χ2n) is 7.26. The fourth-order valence-electron chi connectivity index (χ4n) is 3.17. The molecule has 1 atom stereocenters. The number of alkyl halides is 10. The third-order valence-electron chi connectivity index (χ3n) is 4.91. The second kappa shape index (κ2) is 9.41. The summed E-state index contributed by atoms with van der Waals surface area (Å²) in [6.07, 6.45) is -12.3. The molecule has 1 amide bonds. The summed E-state index contributed by atoms with van der Waals surface area (Å²) in [7, 11) is -4.32. The minimum Gasteiger partial charge on any atom is -0.618 e. The van der Waals surface area contributed by atoms with Crippen molar-refractivity contribution in [1.82, 2.24) is 0 Å². The minimum absolute atomic E-state index is 0.0683. The van der Waals surface area contributed by atoms with E-state index in [1.807, 2.05) is 5.32 Å². The number of nitrogens with zero attached hydrogens (tertiary/aromatic N) is 1. The number of rotatable bonds is 4. The van der Waals surface area contributed by atoms with Gasteiger partial charge >= 0.3 is 23.5 Å². The molecule has 0 fully saturated rings. The van der Waals surface area contributed by atoms with Crippen molar-refractivity contribution >= 4 is 49.2 Å². The largest absolute Gasteiger partial charge is 0.618 e. The molecular formula is C20H9BrF10N2O3S. The van der Waals surface area contributed by atoms with E-state index < -0.39 is 66.9 Å². The number of carbonyl (C=O) groups is 1.